The summed E-state index contributed by atoms with van der Waals surface area (Å²) in [5.74, 6) is -1.91. The Hall–Kier alpha value is -2.21. The molecule has 0 spiro atoms. The van der Waals surface area contributed by atoms with Gasteiger partial charge >= 0.3 is 12.1 Å². The van der Waals surface area contributed by atoms with E-state index in [0.717, 1.165) is 6.92 Å². The smallest absolute Gasteiger partial charge is 0.417 e. The van der Waals surface area contributed by atoms with Crippen molar-refractivity contribution in [1.29, 1.82) is 0 Å². The molecule has 0 saturated carbocycles. The topological polar surface area (TPSA) is 117 Å². The minimum Gasteiger partial charge on any atom is -0.480 e. The minimum atomic E-state index is -4.69. The molecule has 1 aromatic rings. The second kappa shape index (κ2) is 7.78. The zero-order chi connectivity index (χ0) is 19.4. The summed E-state index contributed by atoms with van der Waals surface area (Å²) in [5, 5.41) is 10.6. The van der Waals surface area contributed by atoms with Crippen molar-refractivity contribution in [2.24, 2.45) is 0 Å². The van der Waals surface area contributed by atoms with Crippen molar-refractivity contribution in [3.8, 4) is 0 Å². The fourth-order valence-electron chi connectivity index (χ4n) is 1.81. The fourth-order valence-corrected chi connectivity index (χ4v) is 3.31. The van der Waals surface area contributed by atoms with Crippen LogP contribution in [-0.2, 0) is 25.8 Å². The van der Waals surface area contributed by atoms with Crippen LogP contribution in [0.3, 0.4) is 0 Å². The second-order valence-corrected chi connectivity index (χ2v) is 6.83. The molecule has 1 atom stereocenters. The average Bonchev–Trinajstić information content (AvgIpc) is 2.49. The molecule has 140 valence electrons. The summed E-state index contributed by atoms with van der Waals surface area (Å²) in [6, 6.07) is -0.321. The SMILES string of the molecule is CC(=O)NCCN(C(C)C(=O)O)S(=O)(=O)c1ccc(C(F)(F)F)cn1. The van der Waals surface area contributed by atoms with Gasteiger partial charge in [0.2, 0.25) is 5.91 Å². The van der Waals surface area contributed by atoms with Gasteiger partial charge in [0, 0.05) is 26.2 Å². The van der Waals surface area contributed by atoms with Gasteiger partial charge in [0.25, 0.3) is 10.0 Å². The van der Waals surface area contributed by atoms with Gasteiger partial charge in [0.05, 0.1) is 5.56 Å². The number of nitrogens with zero attached hydrogens (tertiary/aromatic N) is 2. The molecule has 0 radical (unpaired) electrons. The average molecular weight is 383 g/mol. The van der Waals surface area contributed by atoms with Gasteiger partial charge in [-0.2, -0.15) is 17.5 Å². The number of carboxylic acid groups (broad SMARTS) is 1. The highest BCUT2D eigenvalue weighted by atomic mass is 32.2. The van der Waals surface area contributed by atoms with E-state index in [1.807, 2.05) is 0 Å². The maximum atomic E-state index is 12.5. The summed E-state index contributed by atoms with van der Waals surface area (Å²) in [6.07, 6.45) is -4.33. The summed E-state index contributed by atoms with van der Waals surface area (Å²) in [5.41, 5.74) is -1.14. The van der Waals surface area contributed by atoms with Gasteiger partial charge in [0.15, 0.2) is 5.03 Å². The lowest BCUT2D eigenvalue weighted by Gasteiger charge is -2.25. The number of nitrogens with one attached hydrogen (secondary N) is 1. The lowest BCUT2D eigenvalue weighted by atomic mass is 10.3. The molecule has 0 aliphatic heterocycles. The zero-order valence-electron chi connectivity index (χ0n) is 13.2. The Bertz CT molecular complexity index is 734. The first kappa shape index (κ1) is 20.8. The van der Waals surface area contributed by atoms with E-state index in [-0.39, 0.29) is 6.54 Å². The van der Waals surface area contributed by atoms with Gasteiger partial charge < -0.3 is 10.4 Å². The van der Waals surface area contributed by atoms with Crippen molar-refractivity contribution in [1.82, 2.24) is 14.6 Å². The highest BCUT2D eigenvalue weighted by Gasteiger charge is 2.35. The first-order chi connectivity index (χ1) is 11.4. The minimum absolute atomic E-state index is 0.174. The molecule has 25 heavy (non-hydrogen) atoms. The van der Waals surface area contributed by atoms with Crippen LogP contribution in [-0.4, -0.2) is 53.8 Å². The lowest BCUT2D eigenvalue weighted by Crippen LogP contribution is -2.46. The molecular formula is C13H16F3N3O5S. The largest absolute Gasteiger partial charge is 0.480 e. The third-order valence-corrected chi connectivity index (χ3v) is 5.02. The molecule has 0 fully saturated rings. The van der Waals surface area contributed by atoms with Crippen molar-refractivity contribution in [3.63, 3.8) is 0 Å². The van der Waals surface area contributed by atoms with Gasteiger partial charge in [-0.3, -0.25) is 9.59 Å². The Morgan fingerprint density at radius 1 is 1.36 bits per heavy atom. The molecule has 1 heterocycles. The van der Waals surface area contributed by atoms with E-state index in [0.29, 0.717) is 22.6 Å². The van der Waals surface area contributed by atoms with Crippen molar-refractivity contribution in [3.05, 3.63) is 23.9 Å². The molecular weight excluding hydrogens is 367 g/mol. The first-order valence-electron chi connectivity index (χ1n) is 6.89. The van der Waals surface area contributed by atoms with Gasteiger partial charge in [-0.15, -0.1) is 0 Å². The van der Waals surface area contributed by atoms with Crippen molar-refractivity contribution in [2.45, 2.75) is 31.1 Å². The highest BCUT2D eigenvalue weighted by Crippen LogP contribution is 2.29. The molecule has 0 saturated heterocycles. The van der Waals surface area contributed by atoms with Crippen molar-refractivity contribution in [2.75, 3.05) is 13.1 Å². The molecule has 0 aliphatic carbocycles. The van der Waals surface area contributed by atoms with Crippen molar-refractivity contribution < 1.29 is 36.3 Å². The fraction of sp³-hybridized carbons (Fsp3) is 0.462. The van der Waals surface area contributed by atoms with Crippen LogP contribution in [0.15, 0.2) is 23.4 Å². The van der Waals surface area contributed by atoms with E-state index in [2.05, 4.69) is 10.3 Å². The molecule has 1 amide bonds. The van der Waals surface area contributed by atoms with E-state index >= 15 is 0 Å². The monoisotopic (exact) mass is 383 g/mol. The van der Waals surface area contributed by atoms with Crippen LogP contribution in [0, 0.1) is 0 Å². The standard InChI is InChI=1S/C13H16F3N3O5S/c1-8(12(21)22)19(6-5-17-9(2)20)25(23,24)11-4-3-10(7-18-11)13(14,15)16/h3-4,7-8H,5-6H2,1-2H3,(H,17,20)(H,21,22). The van der Waals surface area contributed by atoms with E-state index in [1.54, 1.807) is 0 Å². The van der Waals surface area contributed by atoms with Crippen LogP contribution in [0.25, 0.3) is 0 Å². The summed E-state index contributed by atoms with van der Waals surface area (Å²) < 4.78 is 63.2. The summed E-state index contributed by atoms with van der Waals surface area (Å²) in [7, 11) is -4.48. The normalized spacial score (nSPS) is 13.5. The predicted molar refractivity (Wildman–Crippen MR) is 78.9 cm³/mol. The maximum Gasteiger partial charge on any atom is 0.417 e. The highest BCUT2D eigenvalue weighted by molar-refractivity contribution is 7.89. The molecule has 2 N–H and O–H groups in total. The van der Waals surface area contributed by atoms with Gasteiger partial charge in [-0.1, -0.05) is 0 Å². The van der Waals surface area contributed by atoms with E-state index in [9.17, 15) is 31.2 Å². The summed E-state index contributed by atoms with van der Waals surface area (Å²) in [6.45, 7) is 1.72. The Morgan fingerprint density at radius 3 is 2.36 bits per heavy atom. The molecule has 1 aromatic heterocycles. The van der Waals surface area contributed by atoms with Crippen LogP contribution in [0.2, 0.25) is 0 Å². The quantitative estimate of drug-likeness (QED) is 0.716. The number of hydrogen-bond acceptors (Lipinski definition) is 5. The van der Waals surface area contributed by atoms with E-state index in [1.165, 1.54) is 6.92 Å². The number of aliphatic carboxylic acids is 1. The molecule has 1 unspecified atom stereocenters. The van der Waals surface area contributed by atoms with Crippen LogP contribution >= 0.6 is 0 Å². The van der Waals surface area contributed by atoms with E-state index < -0.39 is 51.3 Å². The number of aromatic nitrogens is 1. The van der Waals surface area contributed by atoms with Crippen LogP contribution in [0.4, 0.5) is 13.2 Å². The number of amides is 1. The molecule has 0 aliphatic rings. The summed E-state index contributed by atoms with van der Waals surface area (Å²) in [4.78, 5) is 25.3. The zero-order valence-corrected chi connectivity index (χ0v) is 14.1. The predicted octanol–water partition coefficient (Wildman–Crippen LogP) is 0.700. The van der Waals surface area contributed by atoms with Gasteiger partial charge in [0.1, 0.15) is 6.04 Å². The Kier molecular flexibility index (Phi) is 6.48. The molecule has 1 rings (SSSR count). The number of carbonyl (C=O) groups is 2. The number of halogens is 3. The van der Waals surface area contributed by atoms with Crippen LogP contribution in [0.1, 0.15) is 19.4 Å². The number of carboxylic acids is 1. The maximum absolute atomic E-state index is 12.5. The first-order valence-corrected chi connectivity index (χ1v) is 8.33. The summed E-state index contributed by atoms with van der Waals surface area (Å²) >= 11 is 0. The molecule has 0 aromatic carbocycles. The van der Waals surface area contributed by atoms with Crippen LogP contribution < -0.4 is 5.32 Å². The van der Waals surface area contributed by atoms with Gasteiger partial charge in [-0.25, -0.2) is 13.4 Å². The molecule has 0 bridgehead atoms. The number of rotatable bonds is 7. The Morgan fingerprint density at radius 2 is 1.96 bits per heavy atom. The number of hydrogen-bond donors (Lipinski definition) is 2. The van der Waals surface area contributed by atoms with Crippen molar-refractivity contribution >= 4 is 21.9 Å². The Labute approximate surface area is 141 Å². The molecule has 8 nitrogen and oxygen atoms in total. The lowest BCUT2D eigenvalue weighted by molar-refractivity contribution is -0.141. The molecule has 12 heteroatoms. The number of carbonyl (C=O) groups excluding carboxylic acids is 1. The third-order valence-electron chi connectivity index (χ3n) is 3.13. The Balaban J connectivity index is 3.17. The van der Waals surface area contributed by atoms with E-state index in [4.69, 9.17) is 5.11 Å². The van der Waals surface area contributed by atoms with Crippen LogP contribution in [0.5, 0.6) is 0 Å². The number of alkyl halides is 3. The number of sulfonamides is 1. The number of pyridine rings is 1. The third kappa shape index (κ3) is 5.39. The van der Waals surface area contributed by atoms with Gasteiger partial charge in [-0.05, 0) is 19.1 Å². The second-order valence-electron chi connectivity index (χ2n) is 5.00.